The molecule has 29 heavy (non-hydrogen) atoms. The summed E-state index contributed by atoms with van der Waals surface area (Å²) in [5.41, 5.74) is 2.59. The van der Waals surface area contributed by atoms with Crippen LogP contribution in [-0.4, -0.2) is 42.1 Å². The lowest BCUT2D eigenvalue weighted by atomic mass is 9.91. The molecule has 0 saturated heterocycles. The van der Waals surface area contributed by atoms with Crippen LogP contribution in [0.4, 0.5) is 0 Å². The standard InChI is InChI=1S/C24H32O4S/c1-28-15-14-20-9-6-8-19(17-20)7-2-3-10-21-12-13-23(25)22(21)11-4-5-16-29-18-24(26)27/h6,8-9,17,21-22H,2,4-5,7,11-16,18H2,1H3,(H,26,27)/t21-,22+/m0/s1. The topological polar surface area (TPSA) is 63.6 Å². The summed E-state index contributed by atoms with van der Waals surface area (Å²) in [4.78, 5) is 22.7. The largest absolute Gasteiger partial charge is 0.481 e. The van der Waals surface area contributed by atoms with Crippen molar-refractivity contribution in [1.29, 1.82) is 0 Å². The number of carbonyl (C=O) groups excluding carboxylic acids is 1. The Labute approximate surface area is 178 Å². The van der Waals surface area contributed by atoms with E-state index in [-0.39, 0.29) is 17.6 Å². The number of aliphatic carboxylic acids is 1. The fourth-order valence-electron chi connectivity index (χ4n) is 3.74. The van der Waals surface area contributed by atoms with Gasteiger partial charge >= 0.3 is 5.97 Å². The van der Waals surface area contributed by atoms with Crippen LogP contribution in [0.2, 0.25) is 0 Å². The predicted octanol–water partition coefficient (Wildman–Crippen LogP) is 4.39. The molecule has 0 aromatic heterocycles. The van der Waals surface area contributed by atoms with E-state index < -0.39 is 5.97 Å². The van der Waals surface area contributed by atoms with Crippen molar-refractivity contribution in [3.05, 3.63) is 35.4 Å². The molecule has 1 aliphatic rings. The number of rotatable bonds is 12. The zero-order chi connectivity index (χ0) is 20.9. The zero-order valence-electron chi connectivity index (χ0n) is 17.3. The van der Waals surface area contributed by atoms with E-state index >= 15 is 0 Å². The van der Waals surface area contributed by atoms with Crippen LogP contribution in [0.25, 0.3) is 0 Å². The molecule has 1 fully saturated rings. The van der Waals surface area contributed by atoms with Crippen LogP contribution in [0.3, 0.4) is 0 Å². The van der Waals surface area contributed by atoms with E-state index in [4.69, 9.17) is 9.84 Å². The first-order valence-electron chi connectivity index (χ1n) is 10.5. The van der Waals surface area contributed by atoms with E-state index in [0.29, 0.717) is 12.2 Å². The average Bonchev–Trinajstić information content (AvgIpc) is 3.06. The minimum atomic E-state index is -0.766. The maximum absolute atomic E-state index is 12.2. The van der Waals surface area contributed by atoms with Gasteiger partial charge in [-0.15, -0.1) is 5.92 Å². The number of hydrogen-bond acceptors (Lipinski definition) is 4. The third kappa shape index (κ3) is 9.06. The maximum atomic E-state index is 12.2. The first-order valence-corrected chi connectivity index (χ1v) is 11.6. The number of ether oxygens (including phenoxy) is 1. The number of aryl methyl sites for hydroxylation is 1. The summed E-state index contributed by atoms with van der Waals surface area (Å²) in [5, 5.41) is 8.65. The first-order chi connectivity index (χ1) is 14.1. The molecular formula is C24H32O4S. The minimum absolute atomic E-state index is 0.0735. The number of unbranched alkanes of at least 4 members (excludes halogenated alkanes) is 1. The second kappa shape index (κ2) is 13.5. The van der Waals surface area contributed by atoms with Gasteiger partial charge in [-0.25, -0.2) is 0 Å². The van der Waals surface area contributed by atoms with Gasteiger partial charge in [-0.1, -0.05) is 36.6 Å². The predicted molar refractivity (Wildman–Crippen MR) is 118 cm³/mol. The molecule has 1 aliphatic carbocycles. The summed E-state index contributed by atoms with van der Waals surface area (Å²) in [6.45, 7) is 0.735. The van der Waals surface area contributed by atoms with E-state index in [1.54, 1.807) is 7.11 Å². The van der Waals surface area contributed by atoms with Gasteiger partial charge in [-0.2, -0.15) is 11.8 Å². The first kappa shape index (κ1) is 23.5. The van der Waals surface area contributed by atoms with Gasteiger partial charge in [0.15, 0.2) is 0 Å². The van der Waals surface area contributed by atoms with Gasteiger partial charge in [0, 0.05) is 31.8 Å². The summed E-state index contributed by atoms with van der Waals surface area (Å²) in [7, 11) is 1.72. The number of Topliss-reactive ketones (excluding diaryl/α,β-unsaturated/α-hetero) is 1. The monoisotopic (exact) mass is 416 g/mol. The Kier molecular flexibility index (Phi) is 10.9. The van der Waals surface area contributed by atoms with Crippen molar-refractivity contribution in [3.63, 3.8) is 0 Å². The zero-order valence-corrected chi connectivity index (χ0v) is 18.1. The molecule has 0 aliphatic heterocycles. The van der Waals surface area contributed by atoms with Crippen molar-refractivity contribution < 1.29 is 19.4 Å². The van der Waals surface area contributed by atoms with Crippen LogP contribution in [0, 0.1) is 23.7 Å². The molecule has 0 spiro atoms. The molecule has 0 bridgehead atoms. The highest BCUT2D eigenvalue weighted by molar-refractivity contribution is 7.99. The van der Waals surface area contributed by atoms with Gasteiger partial charge in [-0.05, 0) is 49.0 Å². The molecule has 2 rings (SSSR count). The minimum Gasteiger partial charge on any atom is -0.481 e. The Morgan fingerprint density at radius 1 is 1.28 bits per heavy atom. The Morgan fingerprint density at radius 2 is 2.07 bits per heavy atom. The molecule has 5 heteroatoms. The van der Waals surface area contributed by atoms with Gasteiger partial charge in [-0.3, -0.25) is 9.59 Å². The highest BCUT2D eigenvalue weighted by Crippen LogP contribution is 2.32. The van der Waals surface area contributed by atoms with Crippen molar-refractivity contribution in [2.45, 2.75) is 51.4 Å². The van der Waals surface area contributed by atoms with E-state index in [1.165, 1.54) is 22.9 Å². The normalized spacial score (nSPS) is 18.4. The summed E-state index contributed by atoms with van der Waals surface area (Å²) in [6.07, 6.45) is 7.02. The number of thioether (sulfide) groups is 1. The molecule has 4 nitrogen and oxygen atoms in total. The molecule has 1 saturated carbocycles. The van der Waals surface area contributed by atoms with Crippen molar-refractivity contribution in [2.24, 2.45) is 11.8 Å². The third-order valence-electron chi connectivity index (χ3n) is 5.29. The maximum Gasteiger partial charge on any atom is 0.313 e. The van der Waals surface area contributed by atoms with Gasteiger partial charge in [0.1, 0.15) is 5.78 Å². The number of carbonyl (C=O) groups is 2. The van der Waals surface area contributed by atoms with Gasteiger partial charge < -0.3 is 9.84 Å². The Balaban J connectivity index is 1.73. The summed E-state index contributed by atoms with van der Waals surface area (Å²) in [6, 6.07) is 8.59. The number of carboxylic acid groups (broad SMARTS) is 1. The molecule has 0 amide bonds. The molecule has 1 aromatic rings. The lowest BCUT2D eigenvalue weighted by molar-refractivity contribution is -0.133. The molecule has 1 aromatic carbocycles. The van der Waals surface area contributed by atoms with Crippen LogP contribution >= 0.6 is 11.8 Å². The lowest BCUT2D eigenvalue weighted by Gasteiger charge is -2.12. The van der Waals surface area contributed by atoms with E-state index in [0.717, 1.165) is 57.3 Å². The Morgan fingerprint density at radius 3 is 2.83 bits per heavy atom. The van der Waals surface area contributed by atoms with Gasteiger partial charge in [0.05, 0.1) is 12.4 Å². The summed E-state index contributed by atoms with van der Waals surface area (Å²) >= 11 is 1.45. The lowest BCUT2D eigenvalue weighted by Crippen LogP contribution is -2.13. The molecule has 2 atom stereocenters. The number of carboxylic acids is 1. The SMILES string of the molecule is COCCc1cccc(CCC#C[C@H]2CCC(=O)[C@@H]2CCCCSCC(=O)O)c1. The molecule has 158 valence electrons. The van der Waals surface area contributed by atoms with E-state index in [2.05, 4.69) is 36.1 Å². The van der Waals surface area contributed by atoms with Crippen LogP contribution in [-0.2, 0) is 27.2 Å². The fraction of sp³-hybridized carbons (Fsp3) is 0.583. The van der Waals surface area contributed by atoms with Crippen LogP contribution in [0.5, 0.6) is 0 Å². The third-order valence-corrected chi connectivity index (χ3v) is 6.32. The van der Waals surface area contributed by atoms with Crippen LogP contribution in [0.1, 0.15) is 49.7 Å². The van der Waals surface area contributed by atoms with Crippen molar-refractivity contribution in [2.75, 3.05) is 25.2 Å². The molecule has 0 radical (unpaired) electrons. The Hall–Kier alpha value is -1.77. The quantitative estimate of drug-likeness (QED) is 0.404. The second-order valence-electron chi connectivity index (χ2n) is 7.54. The van der Waals surface area contributed by atoms with Crippen molar-refractivity contribution in [3.8, 4) is 11.8 Å². The number of methoxy groups -OCH3 is 1. The van der Waals surface area contributed by atoms with Crippen molar-refractivity contribution in [1.82, 2.24) is 0 Å². The Bertz CT molecular complexity index is 719. The van der Waals surface area contributed by atoms with Gasteiger partial charge in [0.2, 0.25) is 0 Å². The van der Waals surface area contributed by atoms with Crippen molar-refractivity contribution >= 4 is 23.5 Å². The summed E-state index contributed by atoms with van der Waals surface area (Å²) < 4.78 is 5.14. The number of benzene rings is 1. The highest BCUT2D eigenvalue weighted by atomic mass is 32.2. The molecule has 0 heterocycles. The van der Waals surface area contributed by atoms with Crippen LogP contribution in [0.15, 0.2) is 24.3 Å². The smallest absolute Gasteiger partial charge is 0.313 e. The number of hydrogen-bond donors (Lipinski definition) is 1. The fourth-order valence-corrected chi connectivity index (χ4v) is 4.47. The average molecular weight is 417 g/mol. The highest BCUT2D eigenvalue weighted by Gasteiger charge is 2.32. The second-order valence-corrected chi connectivity index (χ2v) is 8.65. The molecular weight excluding hydrogens is 384 g/mol. The van der Waals surface area contributed by atoms with Crippen LogP contribution < -0.4 is 0 Å². The molecule has 1 N–H and O–H groups in total. The van der Waals surface area contributed by atoms with E-state index in [9.17, 15) is 9.59 Å². The number of ketones is 1. The molecule has 0 unspecified atom stereocenters. The summed E-state index contributed by atoms with van der Waals surface area (Å²) in [5.74, 6) is 7.55. The van der Waals surface area contributed by atoms with Gasteiger partial charge in [0.25, 0.3) is 0 Å². The van der Waals surface area contributed by atoms with E-state index in [1.807, 2.05) is 0 Å².